The Morgan fingerprint density at radius 2 is 1.95 bits per heavy atom. The number of allylic oxidation sites excluding steroid dienone is 1. The number of fused-ring (bicyclic) bond motifs is 2. The number of aromatic nitrogens is 1. The molecule has 0 saturated carbocycles. The van der Waals surface area contributed by atoms with E-state index in [1.54, 1.807) is 6.20 Å². The standard InChI is InChI=1S/C18H13N3O/c19-11-14-16(22)10-13-5-3-8-20-17(13)18(14)21-9-7-12-4-1-2-6-15(12)21/h1-6,8H,7,9-10H2. The van der Waals surface area contributed by atoms with Crippen LogP contribution < -0.4 is 4.90 Å². The molecule has 1 aliphatic carbocycles. The number of para-hydroxylation sites is 1. The summed E-state index contributed by atoms with van der Waals surface area (Å²) < 4.78 is 0. The van der Waals surface area contributed by atoms with E-state index in [2.05, 4.69) is 22.0 Å². The summed E-state index contributed by atoms with van der Waals surface area (Å²) in [5, 5.41) is 9.48. The second-order valence-electron chi connectivity index (χ2n) is 5.48. The van der Waals surface area contributed by atoms with E-state index in [0.717, 1.165) is 29.9 Å². The number of pyridine rings is 1. The maximum absolute atomic E-state index is 12.3. The van der Waals surface area contributed by atoms with Gasteiger partial charge >= 0.3 is 0 Å². The highest BCUT2D eigenvalue weighted by molar-refractivity contribution is 6.12. The molecule has 0 N–H and O–H groups in total. The van der Waals surface area contributed by atoms with Gasteiger partial charge in [0.05, 0.1) is 11.4 Å². The third-order valence-electron chi connectivity index (χ3n) is 4.25. The molecule has 4 nitrogen and oxygen atoms in total. The fourth-order valence-corrected chi connectivity index (χ4v) is 3.25. The highest BCUT2D eigenvalue weighted by atomic mass is 16.1. The zero-order valence-electron chi connectivity index (χ0n) is 11.9. The van der Waals surface area contributed by atoms with Gasteiger partial charge in [-0.15, -0.1) is 0 Å². The number of benzene rings is 1. The number of carbonyl (C=O) groups is 1. The van der Waals surface area contributed by atoms with E-state index in [4.69, 9.17) is 0 Å². The van der Waals surface area contributed by atoms with Crippen molar-refractivity contribution in [2.24, 2.45) is 0 Å². The van der Waals surface area contributed by atoms with Gasteiger partial charge in [-0.05, 0) is 29.7 Å². The third kappa shape index (κ3) is 1.76. The summed E-state index contributed by atoms with van der Waals surface area (Å²) >= 11 is 0. The van der Waals surface area contributed by atoms with Crippen LogP contribution in [-0.2, 0) is 17.6 Å². The van der Waals surface area contributed by atoms with Crippen LogP contribution >= 0.6 is 0 Å². The Balaban J connectivity index is 1.96. The third-order valence-corrected chi connectivity index (χ3v) is 4.25. The molecule has 0 fully saturated rings. The molecule has 22 heavy (non-hydrogen) atoms. The minimum absolute atomic E-state index is 0.123. The number of Topliss-reactive ketones (excluding diaryl/α,β-unsaturated/α-hetero) is 1. The van der Waals surface area contributed by atoms with Crippen LogP contribution in [0.2, 0.25) is 0 Å². The van der Waals surface area contributed by atoms with Crippen molar-refractivity contribution in [3.63, 3.8) is 0 Å². The molecular weight excluding hydrogens is 274 g/mol. The number of anilines is 1. The van der Waals surface area contributed by atoms with Gasteiger partial charge in [-0.2, -0.15) is 5.26 Å². The summed E-state index contributed by atoms with van der Waals surface area (Å²) in [6.07, 6.45) is 2.88. The number of ketones is 1. The van der Waals surface area contributed by atoms with Gasteiger partial charge in [0, 0.05) is 24.8 Å². The van der Waals surface area contributed by atoms with Gasteiger partial charge in [0.25, 0.3) is 0 Å². The SMILES string of the molecule is N#CC1=C(N2CCc3ccccc32)c2ncccc2CC1=O. The second-order valence-corrected chi connectivity index (χ2v) is 5.48. The Kier molecular flexibility index (Phi) is 2.80. The lowest BCUT2D eigenvalue weighted by Gasteiger charge is -2.27. The summed E-state index contributed by atoms with van der Waals surface area (Å²) in [4.78, 5) is 18.8. The number of carbonyl (C=O) groups excluding carboxylic acids is 1. The maximum Gasteiger partial charge on any atom is 0.180 e. The number of hydrogen-bond acceptors (Lipinski definition) is 4. The fourth-order valence-electron chi connectivity index (χ4n) is 3.25. The van der Waals surface area contributed by atoms with E-state index in [-0.39, 0.29) is 17.8 Å². The van der Waals surface area contributed by atoms with E-state index >= 15 is 0 Å². The Morgan fingerprint density at radius 1 is 1.14 bits per heavy atom. The monoisotopic (exact) mass is 287 g/mol. The van der Waals surface area contributed by atoms with Crippen LogP contribution in [-0.4, -0.2) is 17.3 Å². The predicted octanol–water partition coefficient (Wildman–Crippen LogP) is 2.50. The number of hydrogen-bond donors (Lipinski definition) is 0. The van der Waals surface area contributed by atoms with E-state index in [9.17, 15) is 10.1 Å². The summed E-state index contributed by atoms with van der Waals surface area (Å²) in [5.41, 5.74) is 4.85. The van der Waals surface area contributed by atoms with Crippen molar-refractivity contribution in [1.82, 2.24) is 4.98 Å². The molecule has 2 aliphatic rings. The second kappa shape index (κ2) is 4.81. The summed E-state index contributed by atoms with van der Waals surface area (Å²) in [7, 11) is 0. The van der Waals surface area contributed by atoms with Gasteiger partial charge in [0.15, 0.2) is 5.78 Å². The molecule has 4 heteroatoms. The molecule has 0 amide bonds. The van der Waals surface area contributed by atoms with E-state index in [1.807, 2.05) is 30.3 Å². The number of nitrogens with zero attached hydrogens (tertiary/aromatic N) is 3. The molecule has 106 valence electrons. The molecule has 0 unspecified atom stereocenters. The first-order valence-electron chi connectivity index (χ1n) is 7.27. The highest BCUT2D eigenvalue weighted by Gasteiger charge is 2.33. The Hall–Kier alpha value is -2.93. The topological polar surface area (TPSA) is 57.0 Å². The smallest absolute Gasteiger partial charge is 0.180 e. The Morgan fingerprint density at radius 3 is 2.82 bits per heavy atom. The zero-order valence-corrected chi connectivity index (χ0v) is 11.9. The van der Waals surface area contributed by atoms with Crippen LogP contribution in [0.1, 0.15) is 16.8 Å². The van der Waals surface area contributed by atoms with Crippen molar-refractivity contribution in [2.45, 2.75) is 12.8 Å². The Labute approximate surface area is 128 Å². The molecule has 1 aromatic heterocycles. The lowest BCUT2D eigenvalue weighted by atomic mass is 9.91. The van der Waals surface area contributed by atoms with Crippen molar-refractivity contribution in [1.29, 1.82) is 5.26 Å². The van der Waals surface area contributed by atoms with E-state index < -0.39 is 0 Å². The van der Waals surface area contributed by atoms with Gasteiger partial charge in [-0.3, -0.25) is 9.78 Å². The van der Waals surface area contributed by atoms with Gasteiger partial charge < -0.3 is 4.90 Å². The molecule has 1 aliphatic heterocycles. The fraction of sp³-hybridized carbons (Fsp3) is 0.167. The van der Waals surface area contributed by atoms with Gasteiger partial charge in [-0.25, -0.2) is 0 Å². The molecule has 1 aromatic carbocycles. The predicted molar refractivity (Wildman–Crippen MR) is 83.0 cm³/mol. The minimum atomic E-state index is -0.123. The first-order valence-corrected chi connectivity index (χ1v) is 7.27. The average Bonchev–Trinajstić information content (AvgIpc) is 2.97. The Bertz CT molecular complexity index is 861. The van der Waals surface area contributed by atoms with E-state index in [0.29, 0.717) is 5.70 Å². The van der Waals surface area contributed by atoms with Crippen molar-refractivity contribution in [3.05, 3.63) is 65.0 Å². The quantitative estimate of drug-likeness (QED) is 0.808. The first-order chi connectivity index (χ1) is 10.8. The van der Waals surface area contributed by atoms with Gasteiger partial charge in [0.1, 0.15) is 11.6 Å². The lowest BCUT2D eigenvalue weighted by Crippen LogP contribution is -2.27. The van der Waals surface area contributed by atoms with Crippen molar-refractivity contribution in [2.75, 3.05) is 11.4 Å². The molecule has 4 rings (SSSR count). The van der Waals surface area contributed by atoms with Crippen LogP contribution in [0.3, 0.4) is 0 Å². The van der Waals surface area contributed by atoms with Crippen LogP contribution in [0.15, 0.2) is 48.2 Å². The molecule has 0 spiro atoms. The number of nitriles is 1. The number of rotatable bonds is 1. The average molecular weight is 287 g/mol. The van der Waals surface area contributed by atoms with Crippen LogP contribution in [0.4, 0.5) is 5.69 Å². The maximum atomic E-state index is 12.3. The molecule has 0 radical (unpaired) electrons. The summed E-state index contributed by atoms with van der Waals surface area (Å²) in [6, 6.07) is 14.0. The molecule has 0 atom stereocenters. The van der Waals surface area contributed by atoms with Crippen molar-refractivity contribution >= 4 is 17.2 Å². The normalized spacial score (nSPS) is 16.3. The van der Waals surface area contributed by atoms with Crippen LogP contribution in [0, 0.1) is 11.3 Å². The zero-order chi connectivity index (χ0) is 15.1. The molecule has 0 bridgehead atoms. The minimum Gasteiger partial charge on any atom is -0.338 e. The summed E-state index contributed by atoms with van der Waals surface area (Å²) in [5.74, 6) is -0.123. The van der Waals surface area contributed by atoms with Gasteiger partial charge in [-0.1, -0.05) is 24.3 Å². The van der Waals surface area contributed by atoms with Crippen molar-refractivity contribution < 1.29 is 4.79 Å². The van der Waals surface area contributed by atoms with E-state index in [1.165, 1.54) is 5.56 Å². The molecule has 2 aromatic rings. The van der Waals surface area contributed by atoms with Gasteiger partial charge in [0.2, 0.25) is 0 Å². The van der Waals surface area contributed by atoms with Crippen LogP contribution in [0.5, 0.6) is 0 Å². The highest BCUT2D eigenvalue weighted by Crippen LogP contribution is 2.38. The first kappa shape index (κ1) is 12.8. The lowest BCUT2D eigenvalue weighted by molar-refractivity contribution is -0.114. The molecule has 0 saturated heterocycles. The summed E-state index contributed by atoms with van der Waals surface area (Å²) in [6.45, 7) is 0.767. The largest absolute Gasteiger partial charge is 0.338 e. The molecule has 2 heterocycles. The van der Waals surface area contributed by atoms with Crippen molar-refractivity contribution in [3.8, 4) is 6.07 Å². The van der Waals surface area contributed by atoms with Crippen LogP contribution in [0.25, 0.3) is 5.70 Å². The molecular formula is C18H13N3O.